The zero-order valence-corrected chi connectivity index (χ0v) is 12.4. The fourth-order valence-electron chi connectivity index (χ4n) is 1.95. The molecule has 0 aromatic heterocycles. The highest BCUT2D eigenvalue weighted by atomic mass is 16.5. The van der Waals surface area contributed by atoms with Gasteiger partial charge in [0.15, 0.2) is 0 Å². The van der Waals surface area contributed by atoms with Gasteiger partial charge in [-0.05, 0) is 39.3 Å². The number of ether oxygens (including phenoxy) is 1. The Morgan fingerprint density at radius 3 is 2.39 bits per heavy atom. The zero-order chi connectivity index (χ0) is 13.6. The highest BCUT2D eigenvalue weighted by molar-refractivity contribution is 5.36. The van der Waals surface area contributed by atoms with Crippen molar-refractivity contribution in [3.63, 3.8) is 0 Å². The summed E-state index contributed by atoms with van der Waals surface area (Å²) in [6.45, 7) is 11.8. The normalized spacial score (nSPS) is 13.4. The predicted molar refractivity (Wildman–Crippen MR) is 78.1 cm³/mol. The third-order valence-electron chi connectivity index (χ3n) is 3.39. The van der Waals surface area contributed by atoms with Gasteiger partial charge < -0.3 is 10.1 Å². The molecule has 1 unspecified atom stereocenters. The van der Waals surface area contributed by atoms with E-state index in [0.717, 1.165) is 25.1 Å². The molecule has 0 saturated heterocycles. The number of hydrogen-bond donors (Lipinski definition) is 1. The van der Waals surface area contributed by atoms with E-state index in [4.69, 9.17) is 4.74 Å². The zero-order valence-electron chi connectivity index (χ0n) is 12.4. The second-order valence-corrected chi connectivity index (χ2v) is 5.27. The number of nitrogens with one attached hydrogen (secondary N) is 1. The molecule has 0 aliphatic heterocycles. The first-order chi connectivity index (χ1) is 8.54. The summed E-state index contributed by atoms with van der Waals surface area (Å²) in [6, 6.07) is 8.74. The van der Waals surface area contributed by atoms with Gasteiger partial charge in [0.25, 0.3) is 0 Å². The van der Waals surface area contributed by atoms with Crippen LogP contribution in [0.3, 0.4) is 0 Å². The lowest BCUT2D eigenvalue weighted by atomic mass is 10.0. The van der Waals surface area contributed by atoms with Crippen molar-refractivity contribution in [1.82, 2.24) is 5.32 Å². The molecular weight excluding hydrogens is 222 g/mol. The first kappa shape index (κ1) is 15.0. The van der Waals surface area contributed by atoms with Gasteiger partial charge in [0.2, 0.25) is 0 Å². The smallest absolute Gasteiger partial charge is 0.124 e. The standard InChI is InChI=1S/C16H27NO/c1-6-14(17-8-3)13-11-9-10-12-15(13)18-16(4,5)7-2/h9-12,14,17H,6-8H2,1-5H3. The molecule has 18 heavy (non-hydrogen) atoms. The number of benzene rings is 1. The molecule has 1 aromatic rings. The maximum absolute atomic E-state index is 6.17. The molecule has 0 spiro atoms. The Bertz CT molecular complexity index is 360. The molecule has 1 N–H and O–H groups in total. The SMILES string of the molecule is CCNC(CC)c1ccccc1OC(C)(C)CC. The van der Waals surface area contributed by atoms with E-state index in [1.165, 1.54) is 5.56 Å². The average molecular weight is 249 g/mol. The van der Waals surface area contributed by atoms with E-state index in [9.17, 15) is 0 Å². The van der Waals surface area contributed by atoms with Crippen molar-refractivity contribution < 1.29 is 4.74 Å². The molecule has 0 amide bonds. The van der Waals surface area contributed by atoms with Crippen LogP contribution in [0.25, 0.3) is 0 Å². The van der Waals surface area contributed by atoms with Gasteiger partial charge in [0.1, 0.15) is 11.4 Å². The van der Waals surface area contributed by atoms with E-state index in [1.807, 2.05) is 6.07 Å². The Labute approximate surface area is 112 Å². The largest absolute Gasteiger partial charge is 0.488 e. The van der Waals surface area contributed by atoms with Crippen molar-refractivity contribution in [3.8, 4) is 5.75 Å². The van der Waals surface area contributed by atoms with Crippen LogP contribution in [0, 0.1) is 0 Å². The van der Waals surface area contributed by atoms with E-state index >= 15 is 0 Å². The molecule has 0 aliphatic carbocycles. The molecular formula is C16H27NO. The fourth-order valence-corrected chi connectivity index (χ4v) is 1.95. The van der Waals surface area contributed by atoms with Crippen LogP contribution in [0.5, 0.6) is 5.75 Å². The molecule has 2 nitrogen and oxygen atoms in total. The van der Waals surface area contributed by atoms with Crippen molar-refractivity contribution in [2.24, 2.45) is 0 Å². The molecule has 102 valence electrons. The van der Waals surface area contributed by atoms with Gasteiger partial charge in [-0.15, -0.1) is 0 Å². The minimum atomic E-state index is -0.111. The van der Waals surface area contributed by atoms with Crippen molar-refractivity contribution in [3.05, 3.63) is 29.8 Å². The number of para-hydroxylation sites is 1. The Morgan fingerprint density at radius 2 is 1.83 bits per heavy atom. The monoisotopic (exact) mass is 249 g/mol. The van der Waals surface area contributed by atoms with Crippen molar-refractivity contribution in [1.29, 1.82) is 0 Å². The van der Waals surface area contributed by atoms with Gasteiger partial charge in [-0.25, -0.2) is 0 Å². The van der Waals surface area contributed by atoms with E-state index in [1.54, 1.807) is 0 Å². The summed E-state index contributed by atoms with van der Waals surface area (Å²) in [4.78, 5) is 0. The summed E-state index contributed by atoms with van der Waals surface area (Å²) in [7, 11) is 0. The molecule has 1 atom stereocenters. The van der Waals surface area contributed by atoms with Gasteiger partial charge >= 0.3 is 0 Å². The predicted octanol–water partition coefficient (Wildman–Crippen LogP) is 4.31. The summed E-state index contributed by atoms with van der Waals surface area (Å²) in [6.07, 6.45) is 2.07. The first-order valence-corrected chi connectivity index (χ1v) is 7.05. The topological polar surface area (TPSA) is 21.3 Å². The Morgan fingerprint density at radius 1 is 1.17 bits per heavy atom. The van der Waals surface area contributed by atoms with Crippen LogP contribution in [0.2, 0.25) is 0 Å². The lowest BCUT2D eigenvalue weighted by Gasteiger charge is -2.28. The van der Waals surface area contributed by atoms with Gasteiger partial charge in [-0.3, -0.25) is 0 Å². The van der Waals surface area contributed by atoms with Crippen molar-refractivity contribution >= 4 is 0 Å². The molecule has 0 heterocycles. The molecule has 1 aromatic carbocycles. The third-order valence-corrected chi connectivity index (χ3v) is 3.39. The van der Waals surface area contributed by atoms with Gasteiger partial charge in [-0.1, -0.05) is 39.0 Å². The van der Waals surface area contributed by atoms with E-state index < -0.39 is 0 Å². The molecule has 0 fully saturated rings. The third kappa shape index (κ3) is 4.02. The van der Waals surface area contributed by atoms with Crippen LogP contribution in [0.15, 0.2) is 24.3 Å². The van der Waals surface area contributed by atoms with Crippen molar-refractivity contribution in [2.75, 3.05) is 6.54 Å². The molecule has 0 aliphatic rings. The second kappa shape index (κ2) is 6.79. The van der Waals surface area contributed by atoms with Crippen LogP contribution < -0.4 is 10.1 Å². The van der Waals surface area contributed by atoms with Crippen LogP contribution >= 0.6 is 0 Å². The summed E-state index contributed by atoms with van der Waals surface area (Å²) in [5, 5.41) is 3.51. The lowest BCUT2D eigenvalue weighted by molar-refractivity contribution is 0.103. The minimum absolute atomic E-state index is 0.111. The summed E-state index contributed by atoms with van der Waals surface area (Å²) >= 11 is 0. The van der Waals surface area contributed by atoms with Crippen LogP contribution in [-0.2, 0) is 0 Å². The summed E-state index contributed by atoms with van der Waals surface area (Å²) in [5.41, 5.74) is 1.16. The Hall–Kier alpha value is -1.02. The Kier molecular flexibility index (Phi) is 5.67. The number of hydrogen-bond acceptors (Lipinski definition) is 2. The minimum Gasteiger partial charge on any atom is -0.488 e. The highest BCUT2D eigenvalue weighted by Gasteiger charge is 2.20. The van der Waals surface area contributed by atoms with E-state index in [2.05, 4.69) is 58.1 Å². The van der Waals surface area contributed by atoms with Gasteiger partial charge in [-0.2, -0.15) is 0 Å². The lowest BCUT2D eigenvalue weighted by Crippen LogP contribution is -2.28. The second-order valence-electron chi connectivity index (χ2n) is 5.27. The van der Waals surface area contributed by atoms with Gasteiger partial charge in [0.05, 0.1) is 0 Å². The quantitative estimate of drug-likeness (QED) is 0.777. The maximum atomic E-state index is 6.17. The average Bonchev–Trinajstić information content (AvgIpc) is 2.36. The summed E-state index contributed by atoms with van der Waals surface area (Å²) in [5.74, 6) is 1.01. The van der Waals surface area contributed by atoms with Crippen LogP contribution in [0.4, 0.5) is 0 Å². The van der Waals surface area contributed by atoms with E-state index in [0.29, 0.717) is 6.04 Å². The molecule has 0 bridgehead atoms. The first-order valence-electron chi connectivity index (χ1n) is 7.05. The van der Waals surface area contributed by atoms with Crippen molar-refractivity contribution in [2.45, 2.75) is 59.1 Å². The van der Waals surface area contributed by atoms with Crippen LogP contribution in [0.1, 0.15) is 59.1 Å². The van der Waals surface area contributed by atoms with Gasteiger partial charge in [0, 0.05) is 11.6 Å². The molecule has 0 saturated carbocycles. The van der Waals surface area contributed by atoms with Crippen LogP contribution in [-0.4, -0.2) is 12.1 Å². The fraction of sp³-hybridized carbons (Fsp3) is 0.625. The molecule has 1 rings (SSSR count). The highest BCUT2D eigenvalue weighted by Crippen LogP contribution is 2.30. The molecule has 2 heteroatoms. The summed E-state index contributed by atoms with van der Waals surface area (Å²) < 4.78 is 6.17. The molecule has 0 radical (unpaired) electrons. The maximum Gasteiger partial charge on any atom is 0.124 e. The number of rotatable bonds is 7. The Balaban J connectivity index is 2.98. The van der Waals surface area contributed by atoms with E-state index in [-0.39, 0.29) is 5.60 Å².